The van der Waals surface area contributed by atoms with Gasteiger partial charge in [0, 0.05) is 11.9 Å². The van der Waals surface area contributed by atoms with Gasteiger partial charge in [-0.2, -0.15) is 0 Å². The van der Waals surface area contributed by atoms with Crippen LogP contribution in [0.25, 0.3) is 5.69 Å². The molecule has 0 saturated heterocycles. The zero-order valence-corrected chi connectivity index (χ0v) is 12.6. The number of nitrogens with two attached hydrogens (primary N) is 1. The lowest BCUT2D eigenvalue weighted by atomic mass is 9.94. The standard InChI is InChI=1S/C17H21N3O2/c1-12(9-18)7-13-8-17(13,16(21)22)15-10-20(11-19-15)14-5-3-2-4-6-14/h2-6,10-13H,7-9,18H2,1H3,(H,21,22)/t12-,13-,17-/m1/s1. The van der Waals surface area contributed by atoms with Crippen LogP contribution in [0.3, 0.4) is 0 Å². The number of benzene rings is 1. The van der Waals surface area contributed by atoms with Crippen molar-refractivity contribution in [1.29, 1.82) is 0 Å². The molecular formula is C17H21N3O2. The van der Waals surface area contributed by atoms with Crippen molar-refractivity contribution in [3.8, 4) is 5.69 Å². The Balaban J connectivity index is 1.86. The largest absolute Gasteiger partial charge is 0.481 e. The maximum Gasteiger partial charge on any atom is 0.316 e. The molecule has 0 bridgehead atoms. The van der Waals surface area contributed by atoms with E-state index in [4.69, 9.17) is 5.73 Å². The minimum atomic E-state index is -0.830. The lowest BCUT2D eigenvalue weighted by molar-refractivity contribution is -0.140. The van der Waals surface area contributed by atoms with Gasteiger partial charge in [0.2, 0.25) is 0 Å². The fourth-order valence-electron chi connectivity index (χ4n) is 3.18. The molecule has 0 unspecified atom stereocenters. The highest BCUT2D eigenvalue weighted by Gasteiger charge is 2.62. The zero-order valence-electron chi connectivity index (χ0n) is 12.6. The second kappa shape index (κ2) is 5.57. The summed E-state index contributed by atoms with van der Waals surface area (Å²) in [6.07, 6.45) is 5.02. The molecule has 2 aromatic rings. The maximum absolute atomic E-state index is 11.8. The Morgan fingerprint density at radius 1 is 1.50 bits per heavy atom. The highest BCUT2D eigenvalue weighted by atomic mass is 16.4. The van der Waals surface area contributed by atoms with Crippen LogP contribution < -0.4 is 5.73 Å². The molecule has 1 heterocycles. The van der Waals surface area contributed by atoms with Crippen molar-refractivity contribution in [2.24, 2.45) is 17.6 Å². The van der Waals surface area contributed by atoms with E-state index in [-0.39, 0.29) is 5.92 Å². The van der Waals surface area contributed by atoms with E-state index < -0.39 is 11.4 Å². The molecule has 3 N–H and O–H groups in total. The van der Waals surface area contributed by atoms with Gasteiger partial charge in [0.1, 0.15) is 5.41 Å². The number of rotatable bonds is 6. The van der Waals surface area contributed by atoms with Gasteiger partial charge in [-0.15, -0.1) is 0 Å². The highest BCUT2D eigenvalue weighted by molar-refractivity contribution is 5.85. The number of aromatic nitrogens is 2. The summed E-state index contributed by atoms with van der Waals surface area (Å²) in [6, 6.07) is 9.79. The molecule has 1 fully saturated rings. The Labute approximate surface area is 129 Å². The summed E-state index contributed by atoms with van der Waals surface area (Å²) in [5.74, 6) is -0.315. The van der Waals surface area contributed by atoms with E-state index in [1.54, 1.807) is 6.33 Å². The first-order valence-corrected chi connectivity index (χ1v) is 7.61. The Kier molecular flexibility index (Phi) is 3.74. The summed E-state index contributed by atoms with van der Waals surface area (Å²) >= 11 is 0. The van der Waals surface area contributed by atoms with Gasteiger partial charge < -0.3 is 15.4 Å². The van der Waals surface area contributed by atoms with Crippen LogP contribution in [0.1, 0.15) is 25.5 Å². The molecule has 116 valence electrons. The van der Waals surface area contributed by atoms with Crippen LogP contribution in [-0.4, -0.2) is 27.2 Å². The molecule has 5 heteroatoms. The summed E-state index contributed by atoms with van der Waals surface area (Å²) in [5, 5.41) is 9.71. The van der Waals surface area contributed by atoms with Gasteiger partial charge in [-0.05, 0) is 43.4 Å². The van der Waals surface area contributed by atoms with E-state index >= 15 is 0 Å². The average molecular weight is 299 g/mol. The molecule has 0 aliphatic heterocycles. The second-order valence-corrected chi connectivity index (χ2v) is 6.26. The maximum atomic E-state index is 11.8. The molecule has 0 amide bonds. The SMILES string of the molecule is C[C@@H](CN)C[C@@H]1C[C@]1(C(=O)O)c1cn(-c2ccccc2)cn1. The van der Waals surface area contributed by atoms with Crippen molar-refractivity contribution >= 4 is 5.97 Å². The fraction of sp³-hybridized carbons (Fsp3) is 0.412. The first-order chi connectivity index (χ1) is 10.6. The Bertz CT molecular complexity index is 668. The van der Waals surface area contributed by atoms with Gasteiger partial charge in [0.25, 0.3) is 0 Å². The van der Waals surface area contributed by atoms with E-state index in [0.29, 0.717) is 24.6 Å². The zero-order chi connectivity index (χ0) is 15.7. The minimum Gasteiger partial charge on any atom is -0.481 e. The molecule has 1 saturated carbocycles. The summed E-state index contributed by atoms with van der Waals surface area (Å²) in [4.78, 5) is 16.2. The lowest BCUT2D eigenvalue weighted by Gasteiger charge is -2.12. The van der Waals surface area contributed by atoms with Gasteiger partial charge in [0.15, 0.2) is 0 Å². The summed E-state index contributed by atoms with van der Waals surface area (Å²) in [6.45, 7) is 2.65. The van der Waals surface area contributed by atoms with Gasteiger partial charge in [-0.25, -0.2) is 4.98 Å². The number of nitrogens with zero attached hydrogens (tertiary/aromatic N) is 2. The average Bonchev–Trinajstić information content (AvgIpc) is 3.04. The van der Waals surface area contributed by atoms with Crippen LogP contribution in [0.5, 0.6) is 0 Å². The van der Waals surface area contributed by atoms with Crippen LogP contribution in [0, 0.1) is 11.8 Å². The van der Waals surface area contributed by atoms with E-state index in [1.807, 2.05) is 41.1 Å². The quantitative estimate of drug-likeness (QED) is 0.857. The Morgan fingerprint density at radius 2 is 2.23 bits per heavy atom. The number of carboxylic acids is 1. The first-order valence-electron chi connectivity index (χ1n) is 7.61. The van der Waals surface area contributed by atoms with Crippen molar-refractivity contribution in [1.82, 2.24) is 9.55 Å². The Morgan fingerprint density at radius 3 is 2.86 bits per heavy atom. The third-order valence-electron chi connectivity index (χ3n) is 4.67. The fourth-order valence-corrected chi connectivity index (χ4v) is 3.18. The van der Waals surface area contributed by atoms with E-state index in [0.717, 1.165) is 12.1 Å². The number of hydrogen-bond donors (Lipinski definition) is 2. The normalized spacial score (nSPS) is 24.9. The molecule has 1 aliphatic carbocycles. The molecule has 5 nitrogen and oxygen atoms in total. The van der Waals surface area contributed by atoms with Crippen LogP contribution in [0.4, 0.5) is 0 Å². The van der Waals surface area contributed by atoms with Gasteiger partial charge in [0.05, 0.1) is 12.0 Å². The molecule has 0 radical (unpaired) electrons. The number of hydrogen-bond acceptors (Lipinski definition) is 3. The molecular weight excluding hydrogens is 278 g/mol. The molecule has 22 heavy (non-hydrogen) atoms. The summed E-state index contributed by atoms with van der Waals surface area (Å²) < 4.78 is 1.88. The summed E-state index contributed by atoms with van der Waals surface area (Å²) in [5.41, 5.74) is 6.47. The van der Waals surface area contributed by atoms with Crippen molar-refractivity contribution in [3.63, 3.8) is 0 Å². The first kappa shape index (κ1) is 14.8. The predicted octanol–water partition coefficient (Wildman–Crippen LogP) is 2.20. The van der Waals surface area contributed by atoms with Gasteiger partial charge in [-0.1, -0.05) is 25.1 Å². The van der Waals surface area contributed by atoms with Gasteiger partial charge >= 0.3 is 5.97 Å². The van der Waals surface area contributed by atoms with E-state index in [1.165, 1.54) is 0 Å². The summed E-state index contributed by atoms with van der Waals surface area (Å²) in [7, 11) is 0. The second-order valence-electron chi connectivity index (χ2n) is 6.26. The molecule has 1 aliphatic rings. The number of carbonyl (C=O) groups is 1. The van der Waals surface area contributed by atoms with Gasteiger partial charge in [-0.3, -0.25) is 4.79 Å². The van der Waals surface area contributed by atoms with Crippen LogP contribution in [0.2, 0.25) is 0 Å². The van der Waals surface area contributed by atoms with Crippen LogP contribution in [-0.2, 0) is 10.2 Å². The molecule has 3 rings (SSSR count). The van der Waals surface area contributed by atoms with Crippen molar-refractivity contribution in [2.75, 3.05) is 6.54 Å². The van der Waals surface area contributed by atoms with Crippen molar-refractivity contribution in [2.45, 2.75) is 25.2 Å². The Hall–Kier alpha value is -2.14. The minimum absolute atomic E-state index is 0.127. The van der Waals surface area contributed by atoms with Crippen LogP contribution >= 0.6 is 0 Å². The van der Waals surface area contributed by atoms with Crippen molar-refractivity contribution in [3.05, 3.63) is 48.5 Å². The van der Waals surface area contributed by atoms with Crippen LogP contribution in [0.15, 0.2) is 42.9 Å². The molecule has 0 spiro atoms. The third kappa shape index (κ3) is 2.41. The van der Waals surface area contributed by atoms with Crippen molar-refractivity contribution < 1.29 is 9.90 Å². The van der Waals surface area contributed by atoms with E-state index in [9.17, 15) is 9.90 Å². The molecule has 3 atom stereocenters. The topological polar surface area (TPSA) is 81.1 Å². The predicted molar refractivity (Wildman–Crippen MR) is 83.8 cm³/mol. The molecule has 1 aromatic carbocycles. The number of para-hydroxylation sites is 1. The third-order valence-corrected chi connectivity index (χ3v) is 4.67. The highest BCUT2D eigenvalue weighted by Crippen LogP contribution is 2.56. The van der Waals surface area contributed by atoms with E-state index in [2.05, 4.69) is 11.9 Å². The monoisotopic (exact) mass is 299 g/mol. The smallest absolute Gasteiger partial charge is 0.316 e. The number of carboxylic acid groups (broad SMARTS) is 1. The lowest BCUT2D eigenvalue weighted by Crippen LogP contribution is -2.24. The number of aliphatic carboxylic acids is 1. The molecule has 1 aromatic heterocycles. The number of imidazole rings is 1.